The number of hydrogen-bond donors (Lipinski definition) is 2. The van der Waals surface area contributed by atoms with E-state index in [-0.39, 0.29) is 17.9 Å². The summed E-state index contributed by atoms with van der Waals surface area (Å²) in [5.74, 6) is -2.97. The highest BCUT2D eigenvalue weighted by Crippen LogP contribution is 2.63. The van der Waals surface area contributed by atoms with Gasteiger partial charge < -0.3 is 19.7 Å². The molecule has 3 aliphatic rings. The van der Waals surface area contributed by atoms with E-state index in [1.807, 2.05) is 20.8 Å². The number of carbonyl (C=O) groups is 3. The number of ether oxygens (including phenoxy) is 2. The average molecular weight is 364 g/mol. The predicted octanol–water partition coefficient (Wildman–Crippen LogP) is 1.60. The van der Waals surface area contributed by atoms with Crippen LogP contribution in [0.15, 0.2) is 23.8 Å². The fraction of sp³-hybridized carbons (Fsp3) is 0.632. The van der Waals surface area contributed by atoms with E-state index in [9.17, 15) is 19.5 Å². The first kappa shape index (κ1) is 18.6. The third-order valence-corrected chi connectivity index (χ3v) is 6.30. The summed E-state index contributed by atoms with van der Waals surface area (Å²) in [5, 5.41) is 20.0. The molecule has 0 unspecified atom stereocenters. The van der Waals surface area contributed by atoms with Gasteiger partial charge in [0.25, 0.3) is 0 Å². The Kier molecular flexibility index (Phi) is 4.26. The molecule has 3 rings (SSSR count). The summed E-state index contributed by atoms with van der Waals surface area (Å²) in [6.07, 6.45) is 4.82. The molecule has 2 aliphatic carbocycles. The second kappa shape index (κ2) is 5.94. The minimum atomic E-state index is -1.71. The van der Waals surface area contributed by atoms with Gasteiger partial charge in [-0.15, -0.1) is 0 Å². The van der Waals surface area contributed by atoms with Crippen molar-refractivity contribution in [2.45, 2.75) is 51.7 Å². The van der Waals surface area contributed by atoms with Gasteiger partial charge in [-0.2, -0.15) is 0 Å². The van der Waals surface area contributed by atoms with Crippen molar-refractivity contribution < 1.29 is 34.1 Å². The smallest absolute Gasteiger partial charge is 0.343 e. The molecule has 1 saturated carbocycles. The molecule has 1 aliphatic heterocycles. The van der Waals surface area contributed by atoms with E-state index in [4.69, 9.17) is 14.6 Å². The van der Waals surface area contributed by atoms with Crippen molar-refractivity contribution in [2.75, 3.05) is 6.61 Å². The van der Waals surface area contributed by atoms with Crippen LogP contribution in [0.25, 0.3) is 0 Å². The highest BCUT2D eigenvalue weighted by atomic mass is 16.6. The first-order valence-corrected chi connectivity index (χ1v) is 8.75. The number of rotatable bonds is 3. The standard InChI is InChI=1S/C19H24O7/c1-17(2)7-4-8-18(3)15(17)12(26-14(22)6-5-13(20)21)9-11-10-25-16(23)19(11,18)24/h5-6,9,12,15,24H,4,7-8,10H2,1-3H3,(H,20,21)/b6-5+/t12-,15+,18+,19-/m0/s1. The Bertz CT molecular complexity index is 719. The molecule has 7 heteroatoms. The second-order valence-corrected chi connectivity index (χ2v) is 8.29. The van der Waals surface area contributed by atoms with Crippen LogP contribution in [0.5, 0.6) is 0 Å². The lowest BCUT2D eigenvalue weighted by atomic mass is 9.46. The lowest BCUT2D eigenvalue weighted by Gasteiger charge is -2.59. The molecular weight excluding hydrogens is 340 g/mol. The maximum Gasteiger partial charge on any atom is 0.343 e. The van der Waals surface area contributed by atoms with Crippen LogP contribution in [-0.2, 0) is 23.9 Å². The molecule has 0 spiro atoms. The Morgan fingerprint density at radius 1 is 1.27 bits per heavy atom. The van der Waals surface area contributed by atoms with Crippen molar-refractivity contribution in [1.29, 1.82) is 0 Å². The van der Waals surface area contributed by atoms with Gasteiger partial charge in [0.1, 0.15) is 12.7 Å². The molecule has 0 aromatic carbocycles. The Balaban J connectivity index is 2.04. The van der Waals surface area contributed by atoms with E-state index in [2.05, 4.69) is 0 Å². The Morgan fingerprint density at radius 2 is 1.96 bits per heavy atom. The van der Waals surface area contributed by atoms with Gasteiger partial charge in [-0.1, -0.05) is 27.2 Å². The highest BCUT2D eigenvalue weighted by molar-refractivity contribution is 5.91. The monoisotopic (exact) mass is 364 g/mol. The van der Waals surface area contributed by atoms with Crippen molar-refractivity contribution in [2.24, 2.45) is 16.7 Å². The van der Waals surface area contributed by atoms with Crippen molar-refractivity contribution in [3.63, 3.8) is 0 Å². The van der Waals surface area contributed by atoms with Crippen LogP contribution in [0, 0.1) is 16.7 Å². The van der Waals surface area contributed by atoms with Crippen molar-refractivity contribution in [3.05, 3.63) is 23.8 Å². The summed E-state index contributed by atoms with van der Waals surface area (Å²) in [6.45, 7) is 5.89. The lowest BCUT2D eigenvalue weighted by Crippen LogP contribution is -2.65. The van der Waals surface area contributed by atoms with Gasteiger partial charge in [0.15, 0.2) is 5.60 Å². The average Bonchev–Trinajstić information content (AvgIpc) is 2.82. The number of carboxylic acid groups (broad SMARTS) is 1. The normalized spacial score (nSPS) is 38.2. The van der Waals surface area contributed by atoms with E-state index in [1.165, 1.54) is 0 Å². The van der Waals surface area contributed by atoms with Crippen LogP contribution in [-0.4, -0.2) is 46.4 Å². The van der Waals surface area contributed by atoms with Gasteiger partial charge >= 0.3 is 17.9 Å². The zero-order valence-corrected chi connectivity index (χ0v) is 15.2. The molecule has 26 heavy (non-hydrogen) atoms. The fourth-order valence-electron chi connectivity index (χ4n) is 5.26. The SMILES string of the molecule is CC1(C)CCC[C@]2(C)[C@@H]1[C@@H](OC(=O)/C=C/C(=O)O)C=C1COC(=O)[C@@]12O. The van der Waals surface area contributed by atoms with E-state index in [0.717, 1.165) is 25.0 Å². The van der Waals surface area contributed by atoms with E-state index in [1.54, 1.807) is 6.08 Å². The minimum absolute atomic E-state index is 0.0307. The van der Waals surface area contributed by atoms with Gasteiger partial charge in [-0.3, -0.25) is 0 Å². The molecule has 0 aromatic rings. The van der Waals surface area contributed by atoms with Crippen LogP contribution in [0.4, 0.5) is 0 Å². The number of aliphatic carboxylic acids is 1. The van der Waals surface area contributed by atoms with Crippen LogP contribution in [0.2, 0.25) is 0 Å². The number of esters is 2. The molecule has 1 saturated heterocycles. The highest BCUT2D eigenvalue weighted by Gasteiger charge is 2.69. The number of carboxylic acids is 1. The predicted molar refractivity (Wildman–Crippen MR) is 89.9 cm³/mol. The molecular formula is C19H24O7. The quantitative estimate of drug-likeness (QED) is 0.444. The number of aliphatic hydroxyl groups is 1. The summed E-state index contributed by atoms with van der Waals surface area (Å²) in [7, 11) is 0. The summed E-state index contributed by atoms with van der Waals surface area (Å²) < 4.78 is 10.7. The van der Waals surface area contributed by atoms with Crippen LogP contribution >= 0.6 is 0 Å². The second-order valence-electron chi connectivity index (χ2n) is 8.29. The van der Waals surface area contributed by atoms with Crippen molar-refractivity contribution in [1.82, 2.24) is 0 Å². The summed E-state index contributed by atoms with van der Waals surface area (Å²) >= 11 is 0. The molecule has 2 fully saturated rings. The molecule has 0 amide bonds. The number of carbonyl (C=O) groups excluding carboxylic acids is 2. The molecule has 0 radical (unpaired) electrons. The summed E-state index contributed by atoms with van der Waals surface area (Å²) in [6, 6.07) is 0. The van der Waals surface area contributed by atoms with Gasteiger partial charge in [0, 0.05) is 29.1 Å². The molecule has 2 N–H and O–H groups in total. The summed E-state index contributed by atoms with van der Waals surface area (Å²) in [5.41, 5.74) is -2.43. The Labute approximate surface area is 151 Å². The Hall–Kier alpha value is -2.15. The first-order valence-electron chi connectivity index (χ1n) is 8.75. The minimum Gasteiger partial charge on any atom is -0.478 e. The molecule has 0 aromatic heterocycles. The largest absolute Gasteiger partial charge is 0.478 e. The molecule has 0 bridgehead atoms. The van der Waals surface area contributed by atoms with Gasteiger partial charge in [-0.05, 0) is 24.3 Å². The lowest BCUT2D eigenvalue weighted by molar-refractivity contribution is -0.194. The van der Waals surface area contributed by atoms with E-state index in [0.29, 0.717) is 12.0 Å². The number of fused-ring (bicyclic) bond motifs is 3. The zero-order valence-electron chi connectivity index (χ0n) is 15.2. The maximum absolute atomic E-state index is 12.4. The molecule has 7 nitrogen and oxygen atoms in total. The maximum atomic E-state index is 12.4. The topological polar surface area (TPSA) is 110 Å². The van der Waals surface area contributed by atoms with E-state index < -0.39 is 35.0 Å². The van der Waals surface area contributed by atoms with Crippen LogP contribution in [0.1, 0.15) is 40.0 Å². The van der Waals surface area contributed by atoms with E-state index >= 15 is 0 Å². The first-order chi connectivity index (χ1) is 12.0. The van der Waals surface area contributed by atoms with Gasteiger partial charge in [0.2, 0.25) is 0 Å². The zero-order chi connectivity index (χ0) is 19.3. The third-order valence-electron chi connectivity index (χ3n) is 6.30. The Morgan fingerprint density at radius 3 is 2.62 bits per heavy atom. The van der Waals surface area contributed by atoms with Crippen LogP contribution < -0.4 is 0 Å². The molecule has 1 heterocycles. The van der Waals surface area contributed by atoms with Gasteiger partial charge in [0.05, 0.1) is 0 Å². The summed E-state index contributed by atoms with van der Waals surface area (Å²) in [4.78, 5) is 35.1. The number of hydrogen-bond acceptors (Lipinski definition) is 6. The number of cyclic esters (lactones) is 1. The molecule has 142 valence electrons. The molecule has 4 atom stereocenters. The van der Waals surface area contributed by atoms with Crippen molar-refractivity contribution >= 4 is 17.9 Å². The van der Waals surface area contributed by atoms with Crippen LogP contribution in [0.3, 0.4) is 0 Å². The van der Waals surface area contributed by atoms with Gasteiger partial charge in [-0.25, -0.2) is 14.4 Å². The fourth-order valence-corrected chi connectivity index (χ4v) is 5.26. The third kappa shape index (κ3) is 2.57. The van der Waals surface area contributed by atoms with Crippen molar-refractivity contribution in [3.8, 4) is 0 Å².